The van der Waals surface area contributed by atoms with Crippen molar-refractivity contribution in [1.29, 1.82) is 0 Å². The number of aryl methyl sites for hydroxylation is 1. The molecule has 0 amide bonds. The highest BCUT2D eigenvalue weighted by atomic mass is 16.4. The number of aromatic nitrogens is 2. The molecule has 0 aliphatic rings. The first kappa shape index (κ1) is 17.2. The lowest BCUT2D eigenvalue weighted by Gasteiger charge is -2.25. The molecule has 1 rings (SSSR count). The second-order valence-electron chi connectivity index (χ2n) is 7.84. The van der Waals surface area contributed by atoms with E-state index in [1.165, 1.54) is 0 Å². The van der Waals surface area contributed by atoms with Crippen LogP contribution in [-0.2, 0) is 12.8 Å². The third kappa shape index (κ3) is 6.51. The van der Waals surface area contributed by atoms with E-state index in [0.717, 1.165) is 37.6 Å². The molecule has 1 atom stereocenters. The second-order valence-corrected chi connectivity index (χ2v) is 7.84. The highest BCUT2D eigenvalue weighted by Gasteiger charge is 2.22. The fourth-order valence-electron chi connectivity index (χ4n) is 1.74. The molecule has 4 heteroatoms. The van der Waals surface area contributed by atoms with Gasteiger partial charge in [0.15, 0.2) is 0 Å². The molecule has 0 spiro atoms. The number of nitrogens with one attached hydrogen (secondary N) is 1. The molecule has 0 bridgehead atoms. The van der Waals surface area contributed by atoms with E-state index >= 15 is 0 Å². The van der Waals surface area contributed by atoms with Crippen LogP contribution in [0, 0.1) is 11.3 Å². The quantitative estimate of drug-likeness (QED) is 0.809. The Bertz CT molecular complexity index is 399. The van der Waals surface area contributed by atoms with Gasteiger partial charge in [0.25, 0.3) is 0 Å². The van der Waals surface area contributed by atoms with E-state index in [2.05, 4.69) is 64.0 Å². The maximum Gasteiger partial charge on any atom is 0.216 e. The molecule has 4 nitrogen and oxygen atoms in total. The van der Waals surface area contributed by atoms with Crippen molar-refractivity contribution in [3.05, 3.63) is 11.8 Å². The Morgan fingerprint density at radius 1 is 1.05 bits per heavy atom. The summed E-state index contributed by atoms with van der Waals surface area (Å²) in [6.45, 7) is 16.5. The molecular weight excluding hydrogens is 250 g/mol. The van der Waals surface area contributed by atoms with Crippen LogP contribution in [0.3, 0.4) is 0 Å². The monoisotopic (exact) mass is 281 g/mol. The van der Waals surface area contributed by atoms with Gasteiger partial charge in [0.1, 0.15) is 0 Å². The Kier molecular flexibility index (Phi) is 5.75. The first-order valence-electron chi connectivity index (χ1n) is 7.64. The predicted molar refractivity (Wildman–Crippen MR) is 82.7 cm³/mol. The lowest BCUT2D eigenvalue weighted by Crippen LogP contribution is -2.36. The van der Waals surface area contributed by atoms with E-state index in [9.17, 15) is 0 Å². The zero-order chi connectivity index (χ0) is 15.4. The zero-order valence-corrected chi connectivity index (χ0v) is 14.2. The topological polar surface area (TPSA) is 51.0 Å². The largest absolute Gasteiger partial charge is 0.425 e. The van der Waals surface area contributed by atoms with E-state index in [1.54, 1.807) is 0 Å². The summed E-state index contributed by atoms with van der Waals surface area (Å²) in [6, 6.07) is 0. The van der Waals surface area contributed by atoms with Crippen molar-refractivity contribution < 1.29 is 4.42 Å². The van der Waals surface area contributed by atoms with E-state index in [4.69, 9.17) is 4.42 Å². The Labute approximate surface area is 123 Å². The minimum atomic E-state index is 0.169. The first-order chi connectivity index (χ1) is 9.08. The van der Waals surface area contributed by atoms with Gasteiger partial charge in [-0.25, -0.2) is 0 Å². The molecule has 0 radical (unpaired) electrons. The molecule has 0 aliphatic carbocycles. The fourth-order valence-corrected chi connectivity index (χ4v) is 1.74. The van der Waals surface area contributed by atoms with Gasteiger partial charge in [0.2, 0.25) is 11.8 Å². The molecule has 0 aromatic carbocycles. The van der Waals surface area contributed by atoms with Crippen molar-refractivity contribution in [3.63, 3.8) is 0 Å². The smallest absolute Gasteiger partial charge is 0.216 e. The molecule has 1 unspecified atom stereocenters. The van der Waals surface area contributed by atoms with Gasteiger partial charge in [0, 0.05) is 18.4 Å². The summed E-state index contributed by atoms with van der Waals surface area (Å²) in [4.78, 5) is 0. The molecule has 0 aliphatic heterocycles. The van der Waals surface area contributed by atoms with Crippen LogP contribution in [0.15, 0.2) is 4.42 Å². The molecule has 1 aromatic heterocycles. The van der Waals surface area contributed by atoms with Crippen LogP contribution in [0.5, 0.6) is 0 Å². The van der Waals surface area contributed by atoms with Crippen molar-refractivity contribution in [3.8, 4) is 0 Å². The van der Waals surface area contributed by atoms with Gasteiger partial charge in [-0.2, -0.15) is 0 Å². The van der Waals surface area contributed by atoms with Gasteiger partial charge in [0.05, 0.1) is 0 Å². The minimum absolute atomic E-state index is 0.169. The zero-order valence-electron chi connectivity index (χ0n) is 14.2. The van der Waals surface area contributed by atoms with Gasteiger partial charge in [-0.05, 0) is 45.1 Å². The van der Waals surface area contributed by atoms with E-state index in [-0.39, 0.29) is 11.0 Å². The SMILES string of the molecule is CC(Cc1nnc(CCCNC(C)(C)C)o1)C(C)(C)C. The van der Waals surface area contributed by atoms with Crippen molar-refractivity contribution in [2.24, 2.45) is 11.3 Å². The van der Waals surface area contributed by atoms with Crippen molar-refractivity contribution in [2.75, 3.05) is 6.54 Å². The molecule has 116 valence electrons. The van der Waals surface area contributed by atoms with E-state index < -0.39 is 0 Å². The van der Waals surface area contributed by atoms with Gasteiger partial charge in [-0.15, -0.1) is 10.2 Å². The Morgan fingerprint density at radius 2 is 1.65 bits per heavy atom. The number of hydrogen-bond acceptors (Lipinski definition) is 4. The molecule has 1 heterocycles. The second kappa shape index (κ2) is 6.70. The summed E-state index contributed by atoms with van der Waals surface area (Å²) in [7, 11) is 0. The maximum atomic E-state index is 5.73. The number of nitrogens with zero attached hydrogens (tertiary/aromatic N) is 2. The molecule has 1 N–H and O–H groups in total. The van der Waals surface area contributed by atoms with Crippen LogP contribution in [0.25, 0.3) is 0 Å². The first-order valence-corrected chi connectivity index (χ1v) is 7.64. The van der Waals surface area contributed by atoms with Gasteiger partial charge >= 0.3 is 0 Å². The van der Waals surface area contributed by atoms with Gasteiger partial charge < -0.3 is 9.73 Å². The molecule has 0 saturated carbocycles. The predicted octanol–water partition coefficient (Wildman–Crippen LogP) is 3.62. The number of hydrogen-bond donors (Lipinski definition) is 1. The molecule has 20 heavy (non-hydrogen) atoms. The Morgan fingerprint density at radius 3 is 2.20 bits per heavy atom. The third-order valence-electron chi connectivity index (χ3n) is 3.69. The maximum absolute atomic E-state index is 5.73. The molecule has 0 fully saturated rings. The Hall–Kier alpha value is -0.900. The Balaban J connectivity index is 2.37. The number of rotatable bonds is 6. The molecular formula is C16H31N3O. The summed E-state index contributed by atoms with van der Waals surface area (Å²) in [5.41, 5.74) is 0.438. The highest BCUT2D eigenvalue weighted by Crippen LogP contribution is 2.28. The van der Waals surface area contributed by atoms with Gasteiger partial charge in [-0.3, -0.25) is 0 Å². The van der Waals surface area contributed by atoms with Crippen LogP contribution in [0.1, 0.15) is 66.7 Å². The normalized spacial score (nSPS) is 14.6. The lowest BCUT2D eigenvalue weighted by molar-refractivity contribution is 0.243. The summed E-state index contributed by atoms with van der Waals surface area (Å²) in [6.07, 6.45) is 2.73. The third-order valence-corrected chi connectivity index (χ3v) is 3.69. The standard InChI is InChI=1S/C16H31N3O/c1-12(15(2,3)4)11-14-19-18-13(20-14)9-8-10-17-16(5,6)7/h12,17H,8-11H2,1-7H3. The van der Waals surface area contributed by atoms with Crippen molar-refractivity contribution in [2.45, 2.75) is 73.3 Å². The minimum Gasteiger partial charge on any atom is -0.425 e. The molecule has 0 saturated heterocycles. The van der Waals surface area contributed by atoms with Crippen LogP contribution < -0.4 is 5.32 Å². The summed E-state index contributed by atoms with van der Waals surface area (Å²) >= 11 is 0. The fraction of sp³-hybridized carbons (Fsp3) is 0.875. The summed E-state index contributed by atoms with van der Waals surface area (Å²) < 4.78 is 5.73. The molecule has 1 aromatic rings. The summed E-state index contributed by atoms with van der Waals surface area (Å²) in [5, 5.41) is 11.8. The van der Waals surface area contributed by atoms with Crippen LogP contribution in [0.2, 0.25) is 0 Å². The van der Waals surface area contributed by atoms with Gasteiger partial charge in [-0.1, -0.05) is 27.7 Å². The van der Waals surface area contributed by atoms with Crippen LogP contribution in [-0.4, -0.2) is 22.3 Å². The summed E-state index contributed by atoms with van der Waals surface area (Å²) in [5.74, 6) is 2.06. The van der Waals surface area contributed by atoms with Crippen molar-refractivity contribution >= 4 is 0 Å². The van der Waals surface area contributed by atoms with E-state index in [0.29, 0.717) is 5.92 Å². The highest BCUT2D eigenvalue weighted by molar-refractivity contribution is 4.86. The van der Waals surface area contributed by atoms with E-state index in [1.807, 2.05) is 0 Å². The van der Waals surface area contributed by atoms with Crippen LogP contribution in [0.4, 0.5) is 0 Å². The lowest BCUT2D eigenvalue weighted by atomic mass is 9.80. The van der Waals surface area contributed by atoms with Crippen LogP contribution >= 0.6 is 0 Å². The average Bonchev–Trinajstić information content (AvgIpc) is 2.69. The van der Waals surface area contributed by atoms with Crippen molar-refractivity contribution in [1.82, 2.24) is 15.5 Å². The average molecular weight is 281 g/mol.